The number of nitrogens with one attached hydrogen (secondary N) is 1. The highest BCUT2D eigenvalue weighted by atomic mass is 19.1. The summed E-state index contributed by atoms with van der Waals surface area (Å²) in [5.74, 6) is -2.20. The molecule has 210 valence electrons. The zero-order valence-electron chi connectivity index (χ0n) is 23.1. The lowest BCUT2D eigenvalue weighted by molar-refractivity contribution is -0.172. The Morgan fingerprint density at radius 2 is 2.02 bits per heavy atom. The van der Waals surface area contributed by atoms with Crippen molar-refractivity contribution in [2.45, 2.75) is 84.3 Å². The molecule has 2 aliphatic heterocycles. The van der Waals surface area contributed by atoms with Gasteiger partial charge in [-0.3, -0.25) is 9.59 Å². The van der Waals surface area contributed by atoms with Gasteiger partial charge in [0.05, 0.1) is 46.6 Å². The number of esters is 1. The molecule has 0 radical (unpaired) electrons. The smallest absolute Gasteiger partial charge is 0.343 e. The quantitative estimate of drug-likeness (QED) is 0.334. The average Bonchev–Trinajstić information content (AvgIpc) is 3.27. The van der Waals surface area contributed by atoms with Crippen LogP contribution in [0, 0.1) is 18.7 Å². The number of carbonyl (C=O) groups is 2. The number of ether oxygens (including phenoxy) is 1. The van der Waals surface area contributed by atoms with Crippen molar-refractivity contribution in [2.24, 2.45) is 5.92 Å². The number of aromatic nitrogens is 2. The number of hydrogen-bond acceptors (Lipinski definition) is 7. The van der Waals surface area contributed by atoms with Crippen molar-refractivity contribution in [2.75, 3.05) is 0 Å². The summed E-state index contributed by atoms with van der Waals surface area (Å²) in [5, 5.41) is 25.5. The number of aryl methyl sites for hydroxylation is 1. The Hall–Kier alpha value is -3.63. The first kappa shape index (κ1) is 26.6. The first-order valence-electron chi connectivity index (χ1n) is 13.6. The van der Waals surface area contributed by atoms with Gasteiger partial charge in [-0.1, -0.05) is 13.8 Å². The summed E-state index contributed by atoms with van der Waals surface area (Å²) in [7, 11) is 0. The normalized spacial score (nSPS) is 21.9. The third-order valence-corrected chi connectivity index (χ3v) is 9.15. The molecular weight excluding hydrogens is 517 g/mol. The Bertz CT molecular complexity index is 1700. The van der Waals surface area contributed by atoms with Crippen LogP contribution in [0.15, 0.2) is 16.9 Å². The fraction of sp³-hybridized carbons (Fsp3) is 0.467. The number of halogens is 1. The van der Waals surface area contributed by atoms with E-state index in [1.807, 2.05) is 0 Å². The molecule has 9 nitrogen and oxygen atoms in total. The SMILES string of the molecule is CC[C@@]1(O)C(=O)OCc2c1cc1n(c2=O)Cc2c-1nc1cc(F)c(C)c3c1c2[C@@H](NC(=O)[C@@H](C)C(C)(C)O)CC3. The number of hydrogen-bond donors (Lipinski definition) is 3. The second kappa shape index (κ2) is 8.68. The van der Waals surface area contributed by atoms with Crippen LogP contribution in [0.1, 0.15) is 80.0 Å². The Balaban J connectivity index is 1.60. The third-order valence-electron chi connectivity index (χ3n) is 9.15. The molecule has 1 amide bonds. The Morgan fingerprint density at radius 3 is 2.70 bits per heavy atom. The van der Waals surface area contributed by atoms with Gasteiger partial charge in [-0.25, -0.2) is 14.2 Å². The molecule has 0 fully saturated rings. The summed E-state index contributed by atoms with van der Waals surface area (Å²) in [6.45, 7) is 8.12. The van der Waals surface area contributed by atoms with Crippen LogP contribution in [0.2, 0.25) is 0 Å². The summed E-state index contributed by atoms with van der Waals surface area (Å²) in [5.41, 5.74) is 0.955. The van der Waals surface area contributed by atoms with Gasteiger partial charge in [0, 0.05) is 22.6 Å². The fourth-order valence-corrected chi connectivity index (χ4v) is 6.32. The maximum absolute atomic E-state index is 15.0. The molecule has 0 saturated heterocycles. The highest BCUT2D eigenvalue weighted by molar-refractivity contribution is 5.94. The topological polar surface area (TPSA) is 131 Å². The molecule has 0 bridgehead atoms. The molecule has 1 aliphatic carbocycles. The minimum Gasteiger partial charge on any atom is -0.458 e. The molecule has 3 atom stereocenters. The maximum atomic E-state index is 15.0. The van der Waals surface area contributed by atoms with Gasteiger partial charge in [0.2, 0.25) is 5.91 Å². The van der Waals surface area contributed by atoms with Gasteiger partial charge in [0.25, 0.3) is 5.56 Å². The number of aliphatic hydroxyl groups is 2. The second-order valence-electron chi connectivity index (χ2n) is 11.8. The maximum Gasteiger partial charge on any atom is 0.343 e. The molecule has 40 heavy (non-hydrogen) atoms. The van der Waals surface area contributed by atoms with Gasteiger partial charge in [0.1, 0.15) is 12.4 Å². The molecule has 1 aromatic carbocycles. The van der Waals surface area contributed by atoms with E-state index in [0.717, 1.165) is 22.1 Å². The van der Waals surface area contributed by atoms with Crippen molar-refractivity contribution in [3.05, 3.63) is 61.7 Å². The lowest BCUT2D eigenvalue weighted by Crippen LogP contribution is -2.44. The van der Waals surface area contributed by atoms with E-state index in [-0.39, 0.29) is 42.4 Å². The first-order valence-corrected chi connectivity index (χ1v) is 13.6. The second-order valence-corrected chi connectivity index (χ2v) is 11.8. The molecular formula is C30H32FN3O6. The van der Waals surface area contributed by atoms with Crippen molar-refractivity contribution in [1.29, 1.82) is 0 Å². The lowest BCUT2D eigenvalue weighted by atomic mass is 9.81. The van der Waals surface area contributed by atoms with Crippen LogP contribution in [0.4, 0.5) is 4.39 Å². The summed E-state index contributed by atoms with van der Waals surface area (Å²) in [6, 6.07) is 2.54. The zero-order chi connectivity index (χ0) is 28.9. The molecule has 0 unspecified atom stereocenters. The van der Waals surface area contributed by atoms with Crippen LogP contribution in [-0.4, -0.2) is 37.2 Å². The van der Waals surface area contributed by atoms with Crippen molar-refractivity contribution in [1.82, 2.24) is 14.9 Å². The van der Waals surface area contributed by atoms with Gasteiger partial charge in [-0.2, -0.15) is 0 Å². The number of benzene rings is 1. The van der Waals surface area contributed by atoms with Crippen LogP contribution in [-0.2, 0) is 39.5 Å². The standard InChI is InChI=1S/C30H32FN3O6/c1-6-30(39)18-9-22-25-16(11-34(22)27(36)17(18)12-40-28(30)37)24-20(33-26(35)14(3)29(4,5)38)8-7-15-13(2)19(31)10-21(32-25)23(15)24/h9-10,14,20,38-39H,6-8,11-12H2,1-5H3,(H,33,35)/t14-,20+,30+/m1/s1. The highest BCUT2D eigenvalue weighted by Gasteiger charge is 2.46. The molecule has 0 saturated carbocycles. The predicted octanol–water partition coefficient (Wildman–Crippen LogP) is 3.04. The van der Waals surface area contributed by atoms with E-state index in [4.69, 9.17) is 9.72 Å². The molecule has 6 rings (SSSR count). The number of rotatable bonds is 4. The van der Waals surface area contributed by atoms with Crippen molar-refractivity contribution in [3.8, 4) is 11.4 Å². The molecule has 2 aromatic heterocycles. The van der Waals surface area contributed by atoms with E-state index in [9.17, 15) is 24.6 Å². The number of pyridine rings is 2. The van der Waals surface area contributed by atoms with Crippen LogP contribution in [0.3, 0.4) is 0 Å². The number of carbonyl (C=O) groups excluding carboxylic acids is 2. The Labute approximate surface area is 230 Å². The van der Waals surface area contributed by atoms with Crippen LogP contribution in [0.5, 0.6) is 0 Å². The highest BCUT2D eigenvalue weighted by Crippen LogP contribution is 2.46. The van der Waals surface area contributed by atoms with Gasteiger partial charge in [-0.15, -0.1) is 0 Å². The van der Waals surface area contributed by atoms with Gasteiger partial charge < -0.3 is 24.8 Å². The lowest BCUT2D eigenvalue weighted by Gasteiger charge is -2.32. The number of cyclic esters (lactones) is 1. The number of fused-ring (bicyclic) bond motifs is 5. The van der Waals surface area contributed by atoms with Gasteiger partial charge in [-0.05, 0) is 62.8 Å². The molecule has 3 aromatic rings. The van der Waals surface area contributed by atoms with Crippen molar-refractivity contribution < 1.29 is 28.9 Å². The number of nitrogens with zero attached hydrogens (tertiary/aromatic N) is 2. The molecule has 3 aliphatic rings. The summed E-state index contributed by atoms with van der Waals surface area (Å²) in [4.78, 5) is 44.3. The zero-order valence-corrected chi connectivity index (χ0v) is 23.1. The molecule has 3 N–H and O–H groups in total. The van der Waals surface area contributed by atoms with Crippen molar-refractivity contribution in [3.63, 3.8) is 0 Å². The van der Waals surface area contributed by atoms with Crippen LogP contribution in [0.25, 0.3) is 22.3 Å². The van der Waals surface area contributed by atoms with E-state index in [0.29, 0.717) is 35.3 Å². The minimum atomic E-state index is -1.96. The van der Waals surface area contributed by atoms with Gasteiger partial charge >= 0.3 is 5.97 Å². The Kier molecular flexibility index (Phi) is 5.77. The fourth-order valence-electron chi connectivity index (χ4n) is 6.32. The van der Waals surface area contributed by atoms with Crippen molar-refractivity contribution >= 4 is 22.8 Å². The van der Waals surface area contributed by atoms with Gasteiger partial charge in [0.15, 0.2) is 5.60 Å². The monoisotopic (exact) mass is 549 g/mol. The third kappa shape index (κ3) is 3.58. The molecule has 4 heterocycles. The predicted molar refractivity (Wildman–Crippen MR) is 144 cm³/mol. The minimum absolute atomic E-state index is 0.0202. The van der Waals surface area contributed by atoms with E-state index in [1.54, 1.807) is 40.7 Å². The van der Waals surface area contributed by atoms with E-state index < -0.39 is 34.7 Å². The largest absolute Gasteiger partial charge is 0.458 e. The Morgan fingerprint density at radius 1 is 1.30 bits per heavy atom. The molecule has 0 spiro atoms. The summed E-state index contributed by atoms with van der Waals surface area (Å²) < 4.78 is 21.8. The number of amides is 1. The van der Waals surface area contributed by atoms with Crippen LogP contribution < -0.4 is 10.9 Å². The average molecular weight is 550 g/mol. The van der Waals surface area contributed by atoms with E-state index >= 15 is 4.39 Å². The van der Waals surface area contributed by atoms with Crippen LogP contribution >= 0.6 is 0 Å². The summed E-state index contributed by atoms with van der Waals surface area (Å²) >= 11 is 0. The summed E-state index contributed by atoms with van der Waals surface area (Å²) in [6.07, 6.45) is 1.05. The molecule has 10 heteroatoms. The van der Waals surface area contributed by atoms with E-state index in [1.165, 1.54) is 10.6 Å². The van der Waals surface area contributed by atoms with E-state index in [2.05, 4.69) is 5.32 Å². The first-order chi connectivity index (χ1) is 18.8.